The Morgan fingerprint density at radius 1 is 1.28 bits per heavy atom. The second-order valence-electron chi connectivity index (χ2n) is 3.30. The predicted molar refractivity (Wildman–Crippen MR) is 63.2 cm³/mol. The van der Waals surface area contributed by atoms with Crippen molar-refractivity contribution in [1.82, 2.24) is 25.1 Å². The predicted octanol–water partition coefficient (Wildman–Crippen LogP) is 1.09. The van der Waals surface area contributed by atoms with Crippen LogP contribution >= 0.6 is 11.8 Å². The largest absolute Gasteiger partial charge is 0.463 e. The first-order chi connectivity index (χ1) is 8.67. The molecule has 0 aliphatic carbocycles. The second-order valence-corrected chi connectivity index (χ2v) is 4.21. The van der Waals surface area contributed by atoms with Crippen molar-refractivity contribution in [2.24, 2.45) is 0 Å². The SMILES string of the molecule is CCCOc1nc(N)nc(Sc2nnc(C)o2)n1. The molecular weight excluding hydrogens is 256 g/mol. The number of hydrogen-bond donors (Lipinski definition) is 1. The Balaban J connectivity index is 2.14. The third kappa shape index (κ3) is 3.29. The van der Waals surface area contributed by atoms with Gasteiger partial charge in [0.15, 0.2) is 0 Å². The smallest absolute Gasteiger partial charge is 0.322 e. The number of aryl methyl sites for hydroxylation is 1. The maximum atomic E-state index is 5.57. The van der Waals surface area contributed by atoms with Gasteiger partial charge in [0.1, 0.15) is 0 Å². The molecule has 9 heteroatoms. The van der Waals surface area contributed by atoms with Gasteiger partial charge in [-0.1, -0.05) is 6.92 Å². The van der Waals surface area contributed by atoms with E-state index in [9.17, 15) is 0 Å². The second kappa shape index (κ2) is 5.63. The highest BCUT2D eigenvalue weighted by molar-refractivity contribution is 7.98. The van der Waals surface area contributed by atoms with Gasteiger partial charge in [-0.2, -0.15) is 15.0 Å². The third-order valence-corrected chi connectivity index (χ3v) is 2.44. The van der Waals surface area contributed by atoms with Crippen LogP contribution in [0.5, 0.6) is 6.01 Å². The minimum Gasteiger partial charge on any atom is -0.463 e. The van der Waals surface area contributed by atoms with Crippen molar-refractivity contribution in [2.45, 2.75) is 30.6 Å². The summed E-state index contributed by atoms with van der Waals surface area (Å²) >= 11 is 1.11. The van der Waals surface area contributed by atoms with Crippen LogP contribution in [0.15, 0.2) is 14.8 Å². The molecule has 0 aromatic carbocycles. The van der Waals surface area contributed by atoms with Gasteiger partial charge in [-0.15, -0.1) is 10.2 Å². The number of rotatable bonds is 5. The third-order valence-electron chi connectivity index (χ3n) is 1.73. The molecule has 2 aromatic rings. The van der Waals surface area contributed by atoms with E-state index < -0.39 is 0 Å². The van der Waals surface area contributed by atoms with Crippen molar-refractivity contribution in [3.63, 3.8) is 0 Å². The summed E-state index contributed by atoms with van der Waals surface area (Å²) in [6.07, 6.45) is 0.858. The minimum atomic E-state index is 0.0924. The van der Waals surface area contributed by atoms with Crippen molar-refractivity contribution in [3.05, 3.63) is 5.89 Å². The van der Waals surface area contributed by atoms with Crippen molar-refractivity contribution >= 4 is 17.7 Å². The van der Waals surface area contributed by atoms with Crippen LogP contribution in [0.1, 0.15) is 19.2 Å². The van der Waals surface area contributed by atoms with E-state index in [1.165, 1.54) is 0 Å². The first-order valence-corrected chi connectivity index (χ1v) is 6.11. The lowest BCUT2D eigenvalue weighted by Gasteiger charge is -2.03. The number of nitrogen functional groups attached to an aromatic ring is 1. The lowest BCUT2D eigenvalue weighted by Crippen LogP contribution is -2.05. The zero-order valence-electron chi connectivity index (χ0n) is 9.95. The van der Waals surface area contributed by atoms with Crippen LogP contribution in [-0.2, 0) is 0 Å². The van der Waals surface area contributed by atoms with Gasteiger partial charge < -0.3 is 14.9 Å². The summed E-state index contributed by atoms with van der Waals surface area (Å²) in [6, 6.07) is 0.197. The van der Waals surface area contributed by atoms with Crippen molar-refractivity contribution < 1.29 is 9.15 Å². The van der Waals surface area contributed by atoms with Crippen molar-refractivity contribution in [1.29, 1.82) is 0 Å². The van der Waals surface area contributed by atoms with Gasteiger partial charge in [-0.05, 0) is 6.42 Å². The Labute approximate surface area is 107 Å². The number of anilines is 1. The molecule has 0 aliphatic rings. The summed E-state index contributed by atoms with van der Waals surface area (Å²) in [7, 11) is 0. The molecule has 2 heterocycles. The summed E-state index contributed by atoms with van der Waals surface area (Å²) in [4.78, 5) is 11.9. The summed E-state index contributed by atoms with van der Waals surface area (Å²) in [5, 5.41) is 8.24. The standard InChI is InChI=1S/C9H12N6O2S/c1-3-4-16-7-11-6(10)12-8(13-7)18-9-15-14-5(2)17-9/h3-4H2,1-2H3,(H2,10,11,12,13). The Hall–Kier alpha value is -1.90. The Morgan fingerprint density at radius 2 is 2.11 bits per heavy atom. The van der Waals surface area contributed by atoms with Gasteiger partial charge in [0.25, 0.3) is 5.22 Å². The van der Waals surface area contributed by atoms with Gasteiger partial charge in [0.2, 0.25) is 17.0 Å². The van der Waals surface area contributed by atoms with Gasteiger partial charge in [0.05, 0.1) is 6.61 Å². The van der Waals surface area contributed by atoms with Gasteiger partial charge in [0, 0.05) is 18.7 Å². The normalized spacial score (nSPS) is 10.6. The molecule has 0 bridgehead atoms. The summed E-state index contributed by atoms with van der Waals surface area (Å²) in [6.45, 7) is 4.21. The molecule has 0 atom stereocenters. The number of hydrogen-bond acceptors (Lipinski definition) is 9. The highest BCUT2D eigenvalue weighted by Crippen LogP contribution is 2.24. The number of ether oxygens (including phenoxy) is 1. The molecule has 2 rings (SSSR count). The summed E-state index contributed by atoms with van der Waals surface area (Å²) < 4.78 is 10.5. The lowest BCUT2D eigenvalue weighted by molar-refractivity contribution is 0.288. The molecule has 0 unspecified atom stereocenters. The molecular formula is C9H12N6O2S. The van der Waals surface area contributed by atoms with Crippen LogP contribution in [0.2, 0.25) is 0 Å². The fourth-order valence-electron chi connectivity index (χ4n) is 1.05. The van der Waals surface area contributed by atoms with Crippen molar-refractivity contribution in [3.8, 4) is 6.01 Å². The average molecular weight is 268 g/mol. The van der Waals surface area contributed by atoms with Gasteiger partial charge in [-0.25, -0.2) is 0 Å². The Morgan fingerprint density at radius 3 is 2.78 bits per heavy atom. The molecule has 8 nitrogen and oxygen atoms in total. The molecule has 0 fully saturated rings. The minimum absolute atomic E-state index is 0.0924. The molecule has 0 saturated heterocycles. The van der Waals surface area contributed by atoms with E-state index in [1.807, 2.05) is 6.92 Å². The van der Waals surface area contributed by atoms with Crippen LogP contribution < -0.4 is 10.5 Å². The molecule has 2 aromatic heterocycles. The van der Waals surface area contributed by atoms with Crippen LogP contribution in [0.4, 0.5) is 5.95 Å². The van der Waals surface area contributed by atoms with Gasteiger partial charge >= 0.3 is 6.01 Å². The first kappa shape index (κ1) is 12.6. The van der Waals surface area contributed by atoms with E-state index in [1.54, 1.807) is 6.92 Å². The lowest BCUT2D eigenvalue weighted by atomic mass is 10.5. The zero-order chi connectivity index (χ0) is 13.0. The van der Waals surface area contributed by atoms with Crippen molar-refractivity contribution in [2.75, 3.05) is 12.3 Å². The van der Waals surface area contributed by atoms with Crippen LogP contribution in [0.25, 0.3) is 0 Å². The van der Waals surface area contributed by atoms with E-state index >= 15 is 0 Å². The quantitative estimate of drug-likeness (QED) is 0.850. The molecule has 96 valence electrons. The summed E-state index contributed by atoms with van der Waals surface area (Å²) in [5.74, 6) is 0.567. The van der Waals surface area contributed by atoms with Gasteiger partial charge in [-0.3, -0.25) is 0 Å². The first-order valence-electron chi connectivity index (χ1n) is 5.29. The van der Waals surface area contributed by atoms with E-state index in [-0.39, 0.29) is 12.0 Å². The van der Waals surface area contributed by atoms with E-state index in [4.69, 9.17) is 14.9 Å². The molecule has 2 N–H and O–H groups in total. The average Bonchev–Trinajstić information content (AvgIpc) is 2.71. The highest BCUT2D eigenvalue weighted by Gasteiger charge is 2.11. The fraction of sp³-hybridized carbons (Fsp3) is 0.444. The molecule has 0 spiro atoms. The van der Waals surface area contributed by atoms with Crippen LogP contribution in [0.3, 0.4) is 0 Å². The highest BCUT2D eigenvalue weighted by atomic mass is 32.2. The molecule has 0 aliphatic heterocycles. The molecule has 0 saturated carbocycles. The topological polar surface area (TPSA) is 113 Å². The monoisotopic (exact) mass is 268 g/mol. The Bertz CT molecular complexity index is 532. The van der Waals surface area contributed by atoms with E-state index in [2.05, 4.69) is 25.1 Å². The number of nitrogens with zero attached hydrogens (tertiary/aromatic N) is 5. The van der Waals surface area contributed by atoms with E-state index in [0.717, 1.165) is 18.2 Å². The van der Waals surface area contributed by atoms with Crippen LogP contribution in [0, 0.1) is 6.92 Å². The maximum Gasteiger partial charge on any atom is 0.322 e. The summed E-state index contributed by atoms with van der Waals surface area (Å²) in [5.41, 5.74) is 5.57. The number of aromatic nitrogens is 5. The maximum absolute atomic E-state index is 5.57. The fourth-order valence-corrected chi connectivity index (χ4v) is 1.72. The molecule has 0 radical (unpaired) electrons. The number of nitrogens with two attached hydrogens (primary N) is 1. The molecule has 18 heavy (non-hydrogen) atoms. The van der Waals surface area contributed by atoms with Crippen LogP contribution in [-0.4, -0.2) is 31.8 Å². The Kier molecular flexibility index (Phi) is 3.92. The zero-order valence-corrected chi connectivity index (χ0v) is 10.8. The molecule has 0 amide bonds. The van der Waals surface area contributed by atoms with E-state index in [0.29, 0.717) is 22.9 Å².